The van der Waals surface area contributed by atoms with E-state index in [1.807, 2.05) is 20.8 Å². The van der Waals surface area contributed by atoms with Gasteiger partial charge in [0, 0.05) is 0 Å². The lowest BCUT2D eigenvalue weighted by Gasteiger charge is -1.80. The molecule has 0 bridgehead atoms. The SMILES string of the molecule is CC.CCC=NCCO. The largest absolute Gasteiger partial charge is 0.394 e. The van der Waals surface area contributed by atoms with E-state index >= 15 is 0 Å². The number of hydrogen-bond donors (Lipinski definition) is 1. The monoisotopic (exact) mass is 131 g/mol. The van der Waals surface area contributed by atoms with Crippen molar-refractivity contribution in [1.82, 2.24) is 0 Å². The van der Waals surface area contributed by atoms with Crippen LogP contribution in [0.4, 0.5) is 0 Å². The number of rotatable bonds is 3. The van der Waals surface area contributed by atoms with Gasteiger partial charge >= 0.3 is 0 Å². The van der Waals surface area contributed by atoms with Crippen LogP contribution in [0.15, 0.2) is 4.99 Å². The highest BCUT2D eigenvalue weighted by Gasteiger charge is 1.69. The third-order valence-electron chi connectivity index (χ3n) is 0.541. The average molecular weight is 131 g/mol. The van der Waals surface area contributed by atoms with Crippen LogP contribution in [0.3, 0.4) is 0 Å². The zero-order chi connectivity index (χ0) is 7.54. The van der Waals surface area contributed by atoms with Crippen LogP contribution in [0.5, 0.6) is 0 Å². The molecule has 2 nitrogen and oxygen atoms in total. The molecule has 0 heterocycles. The van der Waals surface area contributed by atoms with Gasteiger partial charge in [-0.15, -0.1) is 0 Å². The molecule has 0 spiro atoms. The molecular formula is C7H17NO. The van der Waals surface area contributed by atoms with Crippen LogP contribution in [0.1, 0.15) is 27.2 Å². The van der Waals surface area contributed by atoms with E-state index < -0.39 is 0 Å². The molecule has 0 atom stereocenters. The fourth-order valence-electron chi connectivity index (χ4n) is 0.278. The summed E-state index contributed by atoms with van der Waals surface area (Å²) in [5.41, 5.74) is 0. The molecule has 1 N–H and O–H groups in total. The fraction of sp³-hybridized carbons (Fsp3) is 0.857. The Morgan fingerprint density at radius 1 is 1.44 bits per heavy atom. The second kappa shape index (κ2) is 15.6. The highest BCUT2D eigenvalue weighted by molar-refractivity contribution is 5.56. The molecule has 0 fully saturated rings. The molecule has 0 rings (SSSR count). The molecule has 0 aromatic rings. The van der Waals surface area contributed by atoms with Gasteiger partial charge in [-0.05, 0) is 12.6 Å². The topological polar surface area (TPSA) is 32.6 Å². The third-order valence-corrected chi connectivity index (χ3v) is 0.541. The van der Waals surface area contributed by atoms with Crippen LogP contribution < -0.4 is 0 Å². The van der Waals surface area contributed by atoms with E-state index in [-0.39, 0.29) is 6.61 Å². The predicted molar refractivity (Wildman–Crippen MR) is 42.1 cm³/mol. The summed E-state index contributed by atoms with van der Waals surface area (Å²) in [5.74, 6) is 0. The van der Waals surface area contributed by atoms with Gasteiger partial charge < -0.3 is 5.11 Å². The molecule has 0 saturated heterocycles. The maximum atomic E-state index is 8.18. The standard InChI is InChI=1S/C5H11NO.C2H6/c1-2-3-6-4-5-7;1-2/h3,7H,2,4-5H2,1H3;1-2H3. The highest BCUT2D eigenvalue weighted by Crippen LogP contribution is 1.68. The van der Waals surface area contributed by atoms with Crippen LogP contribution in [0, 0.1) is 0 Å². The molecular weight excluding hydrogens is 114 g/mol. The van der Waals surface area contributed by atoms with E-state index in [1.165, 1.54) is 0 Å². The van der Waals surface area contributed by atoms with Crippen LogP contribution in [-0.4, -0.2) is 24.5 Å². The molecule has 56 valence electrons. The smallest absolute Gasteiger partial charge is 0.0626 e. The number of aliphatic hydroxyl groups excluding tert-OH is 1. The Morgan fingerprint density at radius 3 is 2.33 bits per heavy atom. The van der Waals surface area contributed by atoms with Crippen molar-refractivity contribution in [3.63, 3.8) is 0 Å². The minimum atomic E-state index is 0.163. The summed E-state index contributed by atoms with van der Waals surface area (Å²) < 4.78 is 0. The summed E-state index contributed by atoms with van der Waals surface area (Å²) in [4.78, 5) is 3.83. The van der Waals surface area contributed by atoms with Crippen molar-refractivity contribution >= 4 is 6.21 Å². The lowest BCUT2D eigenvalue weighted by molar-refractivity contribution is 0.307. The van der Waals surface area contributed by atoms with Crippen molar-refractivity contribution in [1.29, 1.82) is 0 Å². The van der Waals surface area contributed by atoms with Gasteiger partial charge in [0.1, 0.15) is 0 Å². The predicted octanol–water partition coefficient (Wildman–Crippen LogP) is 1.49. The zero-order valence-electron chi connectivity index (χ0n) is 6.59. The number of nitrogens with zero attached hydrogens (tertiary/aromatic N) is 1. The first-order chi connectivity index (χ1) is 4.41. The molecule has 0 radical (unpaired) electrons. The van der Waals surface area contributed by atoms with Gasteiger partial charge in [-0.1, -0.05) is 20.8 Å². The Morgan fingerprint density at radius 2 is 2.00 bits per heavy atom. The van der Waals surface area contributed by atoms with Crippen LogP contribution in [-0.2, 0) is 0 Å². The first-order valence-corrected chi connectivity index (χ1v) is 3.51. The lowest BCUT2D eigenvalue weighted by atomic mass is 10.5. The van der Waals surface area contributed by atoms with Gasteiger partial charge in [-0.3, -0.25) is 4.99 Å². The van der Waals surface area contributed by atoms with Crippen molar-refractivity contribution in [2.75, 3.05) is 13.2 Å². The summed E-state index contributed by atoms with van der Waals surface area (Å²) in [6.45, 7) is 6.73. The quantitative estimate of drug-likeness (QED) is 0.578. The molecule has 0 unspecified atom stereocenters. The van der Waals surface area contributed by atoms with Crippen molar-refractivity contribution < 1.29 is 5.11 Å². The number of aliphatic imine (C=N–C) groups is 1. The fourth-order valence-corrected chi connectivity index (χ4v) is 0.278. The number of hydrogen-bond acceptors (Lipinski definition) is 2. The van der Waals surface area contributed by atoms with Gasteiger partial charge in [-0.25, -0.2) is 0 Å². The Bertz CT molecular complexity index is 52.9. The average Bonchev–Trinajstić information content (AvgIpc) is 1.94. The van der Waals surface area contributed by atoms with Gasteiger partial charge in [0.2, 0.25) is 0 Å². The van der Waals surface area contributed by atoms with Crippen LogP contribution in [0.25, 0.3) is 0 Å². The second-order valence-corrected chi connectivity index (χ2v) is 1.22. The molecule has 0 saturated carbocycles. The Balaban J connectivity index is 0. The molecule has 0 aliphatic carbocycles. The van der Waals surface area contributed by atoms with E-state index in [4.69, 9.17) is 5.11 Å². The van der Waals surface area contributed by atoms with E-state index in [1.54, 1.807) is 6.21 Å². The van der Waals surface area contributed by atoms with Gasteiger partial charge in [0.15, 0.2) is 0 Å². The van der Waals surface area contributed by atoms with Crippen molar-refractivity contribution in [3.05, 3.63) is 0 Å². The van der Waals surface area contributed by atoms with Gasteiger partial charge in [0.25, 0.3) is 0 Å². The third kappa shape index (κ3) is 18.4. The van der Waals surface area contributed by atoms with E-state index in [0.29, 0.717) is 6.54 Å². The first kappa shape index (κ1) is 11.4. The highest BCUT2D eigenvalue weighted by atomic mass is 16.3. The molecule has 0 aromatic heterocycles. The van der Waals surface area contributed by atoms with Crippen molar-refractivity contribution in [3.8, 4) is 0 Å². The molecule has 0 aliphatic rings. The molecule has 0 aromatic carbocycles. The van der Waals surface area contributed by atoms with Crippen LogP contribution >= 0.6 is 0 Å². The summed E-state index contributed by atoms with van der Waals surface area (Å²) in [7, 11) is 0. The Labute approximate surface area is 57.6 Å². The van der Waals surface area contributed by atoms with Crippen molar-refractivity contribution in [2.24, 2.45) is 4.99 Å². The minimum absolute atomic E-state index is 0.163. The lowest BCUT2D eigenvalue weighted by Crippen LogP contribution is -1.86. The van der Waals surface area contributed by atoms with Crippen LogP contribution in [0.2, 0.25) is 0 Å². The Hall–Kier alpha value is -0.370. The van der Waals surface area contributed by atoms with E-state index in [2.05, 4.69) is 4.99 Å². The van der Waals surface area contributed by atoms with E-state index in [9.17, 15) is 0 Å². The number of aliphatic hydroxyl groups is 1. The normalized spacial score (nSPS) is 8.89. The maximum absolute atomic E-state index is 8.18. The van der Waals surface area contributed by atoms with Crippen molar-refractivity contribution in [2.45, 2.75) is 27.2 Å². The van der Waals surface area contributed by atoms with Gasteiger partial charge in [0.05, 0.1) is 13.2 Å². The molecule has 2 heteroatoms. The summed E-state index contributed by atoms with van der Waals surface area (Å²) in [6.07, 6.45) is 2.76. The van der Waals surface area contributed by atoms with E-state index in [0.717, 1.165) is 6.42 Å². The summed E-state index contributed by atoms with van der Waals surface area (Å²) in [5, 5.41) is 8.18. The first-order valence-electron chi connectivity index (χ1n) is 3.51. The summed E-state index contributed by atoms with van der Waals surface area (Å²) >= 11 is 0. The molecule has 0 amide bonds. The second-order valence-electron chi connectivity index (χ2n) is 1.22. The molecule has 9 heavy (non-hydrogen) atoms. The summed E-state index contributed by atoms with van der Waals surface area (Å²) in [6, 6.07) is 0. The molecule has 0 aliphatic heterocycles. The zero-order valence-corrected chi connectivity index (χ0v) is 6.59. The Kier molecular flexibility index (Phi) is 19.9. The van der Waals surface area contributed by atoms with Gasteiger partial charge in [-0.2, -0.15) is 0 Å². The maximum Gasteiger partial charge on any atom is 0.0626 e. The minimum Gasteiger partial charge on any atom is -0.394 e.